The lowest BCUT2D eigenvalue weighted by Gasteiger charge is -2.08. The fourth-order valence-electron chi connectivity index (χ4n) is 2.17. The van der Waals surface area contributed by atoms with Gasteiger partial charge >= 0.3 is 0 Å². The van der Waals surface area contributed by atoms with E-state index in [1.54, 1.807) is 0 Å². The van der Waals surface area contributed by atoms with Crippen molar-refractivity contribution in [2.75, 3.05) is 18.4 Å². The number of halogens is 1. The van der Waals surface area contributed by atoms with E-state index >= 15 is 0 Å². The predicted octanol–water partition coefficient (Wildman–Crippen LogP) is 4.00. The molecule has 22 heavy (non-hydrogen) atoms. The summed E-state index contributed by atoms with van der Waals surface area (Å²) in [7, 11) is 0. The second kappa shape index (κ2) is 9.26. The number of carbonyl (C=O) groups excluding carboxylic acids is 1. The largest absolute Gasteiger partial charge is 0.384 e. The van der Waals surface area contributed by atoms with Crippen molar-refractivity contribution >= 4 is 27.5 Å². The molecule has 0 spiro atoms. The van der Waals surface area contributed by atoms with E-state index in [1.807, 2.05) is 42.5 Å². The molecule has 0 saturated heterocycles. The molecule has 4 heteroatoms. The summed E-state index contributed by atoms with van der Waals surface area (Å²) in [5.41, 5.74) is 2.33. The number of hydrogen-bond acceptors (Lipinski definition) is 2. The lowest BCUT2D eigenvalue weighted by Crippen LogP contribution is -2.26. The Balaban J connectivity index is 1.56. The van der Waals surface area contributed by atoms with Crippen LogP contribution in [0.1, 0.15) is 18.4 Å². The van der Waals surface area contributed by atoms with Gasteiger partial charge in [0, 0.05) is 29.7 Å². The van der Waals surface area contributed by atoms with E-state index in [4.69, 9.17) is 0 Å². The van der Waals surface area contributed by atoms with Crippen LogP contribution in [-0.4, -0.2) is 19.0 Å². The molecule has 0 atom stereocenters. The van der Waals surface area contributed by atoms with Crippen LogP contribution >= 0.6 is 15.9 Å². The molecule has 2 aromatic carbocycles. The first-order valence-corrected chi connectivity index (χ1v) is 8.33. The van der Waals surface area contributed by atoms with Gasteiger partial charge in [0.25, 0.3) is 0 Å². The molecule has 0 fully saturated rings. The summed E-state index contributed by atoms with van der Waals surface area (Å²) < 4.78 is 1.03. The number of hydrogen-bond donors (Lipinski definition) is 2. The smallest absolute Gasteiger partial charge is 0.221 e. The average molecular weight is 361 g/mol. The second-order valence-electron chi connectivity index (χ2n) is 5.13. The molecule has 2 N–H and O–H groups in total. The molecule has 3 nitrogen and oxygen atoms in total. The van der Waals surface area contributed by atoms with Gasteiger partial charge in [0.15, 0.2) is 0 Å². The number of carbonyl (C=O) groups is 1. The summed E-state index contributed by atoms with van der Waals surface area (Å²) in [6.07, 6.45) is 2.45. The lowest BCUT2D eigenvalue weighted by molar-refractivity contribution is -0.120. The summed E-state index contributed by atoms with van der Waals surface area (Å²) in [4.78, 5) is 11.8. The zero-order valence-electron chi connectivity index (χ0n) is 12.5. The Morgan fingerprint density at radius 3 is 2.59 bits per heavy atom. The lowest BCUT2D eigenvalue weighted by atomic mass is 10.1. The molecule has 2 aromatic rings. The topological polar surface area (TPSA) is 41.1 Å². The monoisotopic (exact) mass is 360 g/mol. The van der Waals surface area contributed by atoms with Crippen molar-refractivity contribution in [3.8, 4) is 0 Å². The minimum Gasteiger partial charge on any atom is -0.384 e. The highest BCUT2D eigenvalue weighted by atomic mass is 79.9. The first-order chi connectivity index (χ1) is 10.7. The van der Waals surface area contributed by atoms with Crippen LogP contribution in [-0.2, 0) is 11.2 Å². The quantitative estimate of drug-likeness (QED) is 0.698. The molecule has 0 aromatic heterocycles. The molecular formula is C18H21BrN2O. The van der Waals surface area contributed by atoms with Crippen molar-refractivity contribution in [3.05, 3.63) is 64.6 Å². The van der Waals surface area contributed by atoms with Crippen LogP contribution in [0.5, 0.6) is 0 Å². The van der Waals surface area contributed by atoms with Crippen molar-refractivity contribution in [3.63, 3.8) is 0 Å². The van der Waals surface area contributed by atoms with E-state index in [0.717, 1.165) is 29.5 Å². The van der Waals surface area contributed by atoms with Crippen LogP contribution in [0.2, 0.25) is 0 Å². The third kappa shape index (κ3) is 6.31. The minimum atomic E-state index is 0.0931. The number of aryl methyl sites for hydroxylation is 1. The summed E-state index contributed by atoms with van der Waals surface area (Å²) in [5, 5.41) is 6.20. The third-order valence-electron chi connectivity index (χ3n) is 3.31. The molecule has 2 rings (SSSR count). The van der Waals surface area contributed by atoms with Crippen molar-refractivity contribution in [1.82, 2.24) is 5.32 Å². The molecule has 0 aliphatic heterocycles. The van der Waals surface area contributed by atoms with E-state index in [1.165, 1.54) is 5.56 Å². The van der Waals surface area contributed by atoms with Crippen LogP contribution in [0.4, 0.5) is 5.69 Å². The van der Waals surface area contributed by atoms with Crippen molar-refractivity contribution < 1.29 is 4.79 Å². The Morgan fingerprint density at radius 1 is 1.00 bits per heavy atom. The highest BCUT2D eigenvalue weighted by molar-refractivity contribution is 9.10. The fourth-order valence-corrected chi connectivity index (χ4v) is 2.57. The first kappa shape index (κ1) is 16.6. The summed E-state index contributed by atoms with van der Waals surface area (Å²) in [6.45, 7) is 1.37. The van der Waals surface area contributed by atoms with Gasteiger partial charge in [-0.2, -0.15) is 0 Å². The summed E-state index contributed by atoms with van der Waals surface area (Å²) in [5.74, 6) is 0.0931. The molecule has 0 aliphatic carbocycles. The minimum absolute atomic E-state index is 0.0931. The van der Waals surface area contributed by atoms with Crippen LogP contribution in [0, 0.1) is 0 Å². The van der Waals surface area contributed by atoms with Gasteiger partial charge in [-0.3, -0.25) is 4.79 Å². The van der Waals surface area contributed by atoms with Crippen LogP contribution in [0.3, 0.4) is 0 Å². The molecule has 0 aliphatic rings. The molecule has 116 valence electrons. The zero-order valence-corrected chi connectivity index (χ0v) is 14.1. The van der Waals surface area contributed by atoms with E-state index in [0.29, 0.717) is 13.0 Å². The van der Waals surface area contributed by atoms with Crippen LogP contribution < -0.4 is 10.6 Å². The Morgan fingerprint density at radius 2 is 1.82 bits per heavy atom. The van der Waals surface area contributed by atoms with E-state index in [-0.39, 0.29) is 5.91 Å². The van der Waals surface area contributed by atoms with Gasteiger partial charge in [0.05, 0.1) is 0 Å². The highest BCUT2D eigenvalue weighted by Gasteiger charge is 2.01. The molecule has 1 amide bonds. The van der Waals surface area contributed by atoms with Crippen LogP contribution in [0.15, 0.2) is 59.1 Å². The number of nitrogens with one attached hydrogen (secondary N) is 2. The standard InChI is InChI=1S/C18H21BrN2O/c19-16-9-4-10-17(14-16)20-13-11-18(22)21-12-5-8-15-6-2-1-3-7-15/h1-4,6-7,9-10,14,20H,5,8,11-13H2,(H,21,22). The SMILES string of the molecule is O=C(CCNc1cccc(Br)c1)NCCCc1ccccc1. The maximum Gasteiger partial charge on any atom is 0.221 e. The normalized spacial score (nSPS) is 10.2. The highest BCUT2D eigenvalue weighted by Crippen LogP contribution is 2.15. The molecular weight excluding hydrogens is 340 g/mol. The van der Waals surface area contributed by atoms with E-state index in [9.17, 15) is 4.79 Å². The van der Waals surface area contributed by atoms with Gasteiger partial charge in [-0.15, -0.1) is 0 Å². The maximum atomic E-state index is 11.8. The Hall–Kier alpha value is -1.81. The van der Waals surface area contributed by atoms with Crippen LogP contribution in [0.25, 0.3) is 0 Å². The molecule has 0 bridgehead atoms. The Labute approximate surface area is 140 Å². The fraction of sp³-hybridized carbons (Fsp3) is 0.278. The number of rotatable bonds is 8. The molecule has 0 radical (unpaired) electrons. The van der Waals surface area contributed by atoms with Gasteiger partial charge in [-0.05, 0) is 36.6 Å². The summed E-state index contributed by atoms with van der Waals surface area (Å²) in [6, 6.07) is 18.3. The molecule has 0 unspecified atom stereocenters. The summed E-state index contributed by atoms with van der Waals surface area (Å²) >= 11 is 3.43. The second-order valence-corrected chi connectivity index (χ2v) is 6.04. The third-order valence-corrected chi connectivity index (χ3v) is 3.81. The number of anilines is 1. The van der Waals surface area contributed by atoms with Gasteiger partial charge in [-0.25, -0.2) is 0 Å². The van der Waals surface area contributed by atoms with Gasteiger partial charge < -0.3 is 10.6 Å². The average Bonchev–Trinajstić information content (AvgIpc) is 2.53. The Bertz CT molecular complexity index is 587. The maximum absolute atomic E-state index is 11.8. The molecule has 0 heterocycles. The van der Waals surface area contributed by atoms with Crippen molar-refractivity contribution in [2.45, 2.75) is 19.3 Å². The number of amides is 1. The van der Waals surface area contributed by atoms with Gasteiger partial charge in [-0.1, -0.05) is 52.3 Å². The van der Waals surface area contributed by atoms with Crippen molar-refractivity contribution in [1.29, 1.82) is 0 Å². The van der Waals surface area contributed by atoms with Crippen molar-refractivity contribution in [2.24, 2.45) is 0 Å². The van der Waals surface area contributed by atoms with E-state index < -0.39 is 0 Å². The zero-order chi connectivity index (χ0) is 15.6. The Kier molecular flexibility index (Phi) is 6.97. The number of benzene rings is 2. The first-order valence-electron chi connectivity index (χ1n) is 7.54. The van der Waals surface area contributed by atoms with Gasteiger partial charge in [0.1, 0.15) is 0 Å². The molecule has 0 saturated carbocycles. The predicted molar refractivity (Wildman–Crippen MR) is 95.0 cm³/mol. The van der Waals surface area contributed by atoms with Gasteiger partial charge in [0.2, 0.25) is 5.91 Å². The van der Waals surface area contributed by atoms with E-state index in [2.05, 4.69) is 38.7 Å².